The second kappa shape index (κ2) is 5.59. The van der Waals surface area contributed by atoms with Gasteiger partial charge in [0.15, 0.2) is 0 Å². The number of esters is 1. The van der Waals surface area contributed by atoms with Gasteiger partial charge in [-0.15, -0.1) is 0 Å². The van der Waals surface area contributed by atoms with Gasteiger partial charge in [0.1, 0.15) is 9.02 Å². The van der Waals surface area contributed by atoms with Crippen LogP contribution in [0.5, 0.6) is 0 Å². The highest BCUT2D eigenvalue weighted by Crippen LogP contribution is 2.71. The van der Waals surface area contributed by atoms with Crippen LogP contribution in [0.4, 0.5) is 0 Å². The van der Waals surface area contributed by atoms with Crippen molar-refractivity contribution in [3.8, 4) is 0 Å². The number of halogens is 1. The average Bonchev–Trinajstić information content (AvgIpc) is 2.96. The van der Waals surface area contributed by atoms with Crippen LogP contribution < -0.4 is 5.32 Å². The Morgan fingerprint density at radius 1 is 1.28 bits per heavy atom. The van der Waals surface area contributed by atoms with Gasteiger partial charge in [0.05, 0.1) is 0 Å². The highest BCUT2D eigenvalue weighted by Gasteiger charge is 2.69. The molecule has 0 aromatic heterocycles. The molecule has 4 saturated carbocycles. The van der Waals surface area contributed by atoms with Crippen molar-refractivity contribution in [1.29, 1.82) is 0 Å². The Morgan fingerprint density at radius 3 is 2.60 bits per heavy atom. The first-order chi connectivity index (χ1) is 11.9. The highest BCUT2D eigenvalue weighted by atomic mass is 127. The number of rotatable bonds is 5. The Kier molecular flexibility index (Phi) is 3.86. The smallest absolute Gasteiger partial charge is 0.323 e. The summed E-state index contributed by atoms with van der Waals surface area (Å²) in [6, 6.07) is 0.295. The number of nitrogens with one attached hydrogen (secondary N) is 1. The van der Waals surface area contributed by atoms with Crippen molar-refractivity contribution in [2.75, 3.05) is 6.54 Å². The van der Waals surface area contributed by atoms with Crippen molar-refractivity contribution < 1.29 is 9.53 Å². The Morgan fingerprint density at radius 2 is 1.96 bits per heavy atom. The third-order valence-electron chi connectivity index (χ3n) is 9.01. The molecule has 1 heterocycles. The molecule has 3 nitrogen and oxygen atoms in total. The normalized spacial score (nSPS) is 52.7. The van der Waals surface area contributed by atoms with Crippen LogP contribution >= 0.6 is 22.6 Å². The second-order valence-electron chi connectivity index (χ2n) is 9.98. The number of ether oxygens (including phenoxy) is 1. The van der Waals surface area contributed by atoms with Gasteiger partial charge in [-0.3, -0.25) is 4.79 Å². The molecule has 10 unspecified atom stereocenters. The molecule has 1 aliphatic heterocycles. The topological polar surface area (TPSA) is 48.2 Å². The van der Waals surface area contributed by atoms with Crippen LogP contribution in [0.25, 0.3) is 0 Å². The molecule has 10 atom stereocenters. The minimum atomic E-state index is -0.422. The lowest BCUT2D eigenvalue weighted by atomic mass is 9.62. The fraction of sp³-hybridized carbons (Fsp3) is 0.952. The van der Waals surface area contributed by atoms with Gasteiger partial charge < -0.3 is 10.1 Å². The molecule has 140 valence electrons. The van der Waals surface area contributed by atoms with Crippen LogP contribution in [0, 0.1) is 41.4 Å². The van der Waals surface area contributed by atoms with Gasteiger partial charge in [-0.25, -0.2) is 0 Å². The first-order valence-corrected chi connectivity index (χ1v) is 11.6. The third-order valence-corrected chi connectivity index (χ3v) is 10.2. The maximum absolute atomic E-state index is 13.2. The highest BCUT2D eigenvalue weighted by molar-refractivity contribution is 14.1. The van der Waals surface area contributed by atoms with E-state index < -0.39 is 3.42 Å². The minimum Gasteiger partial charge on any atom is -0.457 e. The van der Waals surface area contributed by atoms with Crippen LogP contribution in [0.2, 0.25) is 0 Å². The van der Waals surface area contributed by atoms with E-state index in [1.165, 1.54) is 25.7 Å². The lowest BCUT2D eigenvalue weighted by Gasteiger charge is -2.49. The lowest BCUT2D eigenvalue weighted by molar-refractivity contribution is -0.184. The maximum atomic E-state index is 13.2. The third kappa shape index (κ3) is 2.28. The van der Waals surface area contributed by atoms with Gasteiger partial charge in [0, 0.05) is 18.5 Å². The van der Waals surface area contributed by atoms with E-state index >= 15 is 0 Å². The number of carbonyl (C=O) groups excluding carboxylic acids is 1. The summed E-state index contributed by atoms with van der Waals surface area (Å²) in [5.74, 6) is 5.74. The molecule has 4 heteroatoms. The summed E-state index contributed by atoms with van der Waals surface area (Å²) < 4.78 is 6.16. The molecule has 0 radical (unpaired) electrons. The van der Waals surface area contributed by atoms with Crippen LogP contribution in [-0.2, 0) is 9.53 Å². The van der Waals surface area contributed by atoms with E-state index in [0.717, 1.165) is 49.0 Å². The van der Waals surface area contributed by atoms with Crippen molar-refractivity contribution in [2.45, 2.75) is 74.4 Å². The van der Waals surface area contributed by atoms with E-state index in [0.29, 0.717) is 17.9 Å². The maximum Gasteiger partial charge on any atom is 0.323 e. The Hall–Kier alpha value is 0.160. The fourth-order valence-electron chi connectivity index (χ4n) is 7.61. The van der Waals surface area contributed by atoms with Crippen molar-refractivity contribution in [3.05, 3.63) is 0 Å². The first-order valence-electron chi connectivity index (χ1n) is 10.5. The largest absolute Gasteiger partial charge is 0.457 e. The Bertz CT molecular complexity index is 588. The zero-order valence-corrected chi connectivity index (χ0v) is 17.9. The first kappa shape index (κ1) is 17.3. The van der Waals surface area contributed by atoms with Crippen LogP contribution in [0.15, 0.2) is 0 Å². The van der Waals surface area contributed by atoms with E-state index in [2.05, 4.69) is 48.7 Å². The van der Waals surface area contributed by atoms with E-state index in [-0.39, 0.29) is 11.6 Å². The number of hydrogen-bond donors (Lipinski definition) is 1. The summed E-state index contributed by atoms with van der Waals surface area (Å²) in [6.07, 6.45) is 7.98. The van der Waals surface area contributed by atoms with Crippen LogP contribution in [0.1, 0.15) is 59.3 Å². The predicted molar refractivity (Wildman–Crippen MR) is 107 cm³/mol. The SMILES string of the molecule is CCC(C)C1(OC(=O)C(C)(I)C2CN2)CC2CC1C1C3CCC(C3)C21. The Labute approximate surface area is 165 Å². The molecular formula is C21H32INO2. The molecule has 0 aromatic rings. The minimum absolute atomic E-state index is 0.0376. The van der Waals surface area contributed by atoms with E-state index in [9.17, 15) is 4.79 Å². The molecule has 0 spiro atoms. The van der Waals surface area contributed by atoms with E-state index in [4.69, 9.17) is 4.74 Å². The van der Waals surface area contributed by atoms with Crippen LogP contribution in [-0.4, -0.2) is 27.6 Å². The molecule has 5 fully saturated rings. The summed E-state index contributed by atoms with van der Waals surface area (Å²) in [5.41, 5.74) is -0.177. The molecule has 5 rings (SSSR count). The lowest BCUT2D eigenvalue weighted by Crippen LogP contribution is -2.54. The molecule has 1 saturated heterocycles. The number of fused-ring (bicyclic) bond motifs is 9. The van der Waals surface area contributed by atoms with Gasteiger partial charge in [0.2, 0.25) is 0 Å². The number of carbonyl (C=O) groups is 1. The molecule has 0 aromatic carbocycles. The summed E-state index contributed by atoms with van der Waals surface area (Å²) in [7, 11) is 0. The van der Waals surface area contributed by atoms with E-state index in [1.807, 2.05) is 0 Å². The standard InChI is InChI=1S/C21H32INO2/c1-4-11(2)21(25-19(24)20(3,22)16-10-23-16)9-14-8-15(21)18-13-6-5-12(7-13)17(14)18/h11-18,23H,4-10H2,1-3H3. The summed E-state index contributed by atoms with van der Waals surface area (Å²) >= 11 is 2.33. The zero-order chi connectivity index (χ0) is 17.6. The fourth-order valence-corrected chi connectivity index (χ4v) is 8.16. The second-order valence-corrected chi connectivity index (χ2v) is 12.2. The van der Waals surface area contributed by atoms with Crippen LogP contribution in [0.3, 0.4) is 0 Å². The molecule has 5 aliphatic rings. The van der Waals surface area contributed by atoms with Crippen molar-refractivity contribution in [1.82, 2.24) is 5.32 Å². The molecular weight excluding hydrogens is 425 g/mol. The van der Waals surface area contributed by atoms with E-state index in [1.54, 1.807) is 0 Å². The van der Waals surface area contributed by atoms with Gasteiger partial charge in [-0.1, -0.05) is 36.4 Å². The number of alkyl halides is 1. The van der Waals surface area contributed by atoms with Crippen molar-refractivity contribution in [2.24, 2.45) is 41.4 Å². The molecule has 25 heavy (non-hydrogen) atoms. The van der Waals surface area contributed by atoms with Crippen molar-refractivity contribution in [3.63, 3.8) is 0 Å². The predicted octanol–water partition coefficient (Wildman–Crippen LogP) is 4.18. The van der Waals surface area contributed by atoms with Gasteiger partial charge in [0.25, 0.3) is 0 Å². The molecule has 4 bridgehead atoms. The quantitative estimate of drug-likeness (QED) is 0.222. The average molecular weight is 457 g/mol. The zero-order valence-electron chi connectivity index (χ0n) is 15.8. The van der Waals surface area contributed by atoms with Crippen molar-refractivity contribution >= 4 is 28.6 Å². The van der Waals surface area contributed by atoms with Gasteiger partial charge in [-0.2, -0.15) is 0 Å². The Balaban J connectivity index is 1.44. The molecule has 0 amide bonds. The summed E-state index contributed by atoms with van der Waals surface area (Å²) in [5, 5.41) is 3.32. The van der Waals surface area contributed by atoms with Gasteiger partial charge in [-0.05, 0) is 81.0 Å². The number of hydrogen-bond acceptors (Lipinski definition) is 3. The summed E-state index contributed by atoms with van der Waals surface area (Å²) in [4.78, 5) is 13.2. The summed E-state index contributed by atoms with van der Waals surface area (Å²) in [6.45, 7) is 7.62. The monoisotopic (exact) mass is 457 g/mol. The van der Waals surface area contributed by atoms with Gasteiger partial charge >= 0.3 is 5.97 Å². The molecule has 1 N–H and O–H groups in total. The molecule has 4 aliphatic carbocycles.